The van der Waals surface area contributed by atoms with Gasteiger partial charge in [0.2, 0.25) is 11.9 Å². The van der Waals surface area contributed by atoms with E-state index in [1.54, 1.807) is 0 Å². The molecule has 1 aliphatic heterocycles. The lowest BCUT2D eigenvalue weighted by atomic mass is 9.91. The predicted octanol–water partition coefficient (Wildman–Crippen LogP) is 3.12. The largest absolute Gasteiger partial charge is 0.494 e. The molecule has 0 saturated heterocycles. The van der Waals surface area contributed by atoms with Crippen LogP contribution in [0.15, 0.2) is 48.5 Å². The van der Waals surface area contributed by atoms with E-state index >= 15 is 0 Å². The Hall–Kier alpha value is -3.33. The molecular formula is C19H16N4O2. The van der Waals surface area contributed by atoms with Crippen LogP contribution in [0.25, 0.3) is 11.0 Å². The third-order valence-electron chi connectivity index (χ3n) is 4.38. The number of fused-ring (bicyclic) bond motifs is 3. The van der Waals surface area contributed by atoms with Gasteiger partial charge < -0.3 is 9.30 Å². The first-order valence-electron chi connectivity index (χ1n) is 8.13. The molecule has 0 radical (unpaired) electrons. The minimum Gasteiger partial charge on any atom is -0.494 e. The fourth-order valence-electron chi connectivity index (χ4n) is 3.29. The van der Waals surface area contributed by atoms with Crippen molar-refractivity contribution in [3.8, 4) is 11.8 Å². The van der Waals surface area contributed by atoms with Crippen molar-refractivity contribution in [3.63, 3.8) is 0 Å². The Bertz CT molecular complexity index is 985. The molecule has 0 fully saturated rings. The number of hydrogen-bond acceptors (Lipinski definition) is 4. The van der Waals surface area contributed by atoms with Gasteiger partial charge in [-0.15, -0.1) is 0 Å². The molecule has 0 bridgehead atoms. The summed E-state index contributed by atoms with van der Waals surface area (Å²) in [6.45, 7) is 2.51. The molecule has 0 spiro atoms. The second-order valence-corrected chi connectivity index (χ2v) is 5.84. The van der Waals surface area contributed by atoms with Gasteiger partial charge in [0.15, 0.2) is 5.92 Å². The van der Waals surface area contributed by atoms with E-state index in [0.717, 1.165) is 22.3 Å². The Morgan fingerprint density at radius 3 is 2.72 bits per heavy atom. The summed E-state index contributed by atoms with van der Waals surface area (Å²) in [4.78, 5) is 16.9. The van der Waals surface area contributed by atoms with Crippen LogP contribution in [0.3, 0.4) is 0 Å². The molecule has 6 heteroatoms. The van der Waals surface area contributed by atoms with E-state index < -0.39 is 12.0 Å². The number of nitrogens with one attached hydrogen (secondary N) is 1. The first-order chi connectivity index (χ1) is 12.2. The van der Waals surface area contributed by atoms with Crippen LogP contribution in [0.4, 0.5) is 5.95 Å². The maximum absolute atomic E-state index is 12.4. The predicted molar refractivity (Wildman–Crippen MR) is 93.2 cm³/mol. The number of nitrogens with zero attached hydrogens (tertiary/aromatic N) is 3. The fraction of sp³-hybridized carbons (Fsp3) is 0.211. The second-order valence-electron chi connectivity index (χ2n) is 5.84. The number of ether oxygens (including phenoxy) is 1. The highest BCUT2D eigenvalue weighted by molar-refractivity contribution is 5.97. The van der Waals surface area contributed by atoms with Gasteiger partial charge >= 0.3 is 0 Å². The summed E-state index contributed by atoms with van der Waals surface area (Å²) in [5.74, 6) is 0.0690. The molecular weight excluding hydrogens is 316 g/mol. The first kappa shape index (κ1) is 15.2. The molecule has 1 amide bonds. The van der Waals surface area contributed by atoms with Gasteiger partial charge in [0.05, 0.1) is 29.8 Å². The smallest absolute Gasteiger partial charge is 0.246 e. The SMILES string of the molecule is CCOc1ccc([C@H]2[C@H](C#N)C(=O)Nc3nc4ccccc4n32)cc1. The molecule has 2 heterocycles. The second kappa shape index (κ2) is 5.95. The molecule has 1 aliphatic rings. The van der Waals surface area contributed by atoms with Crippen LogP contribution < -0.4 is 10.1 Å². The number of nitriles is 1. The van der Waals surface area contributed by atoms with Crippen molar-refractivity contribution in [1.82, 2.24) is 9.55 Å². The summed E-state index contributed by atoms with van der Waals surface area (Å²) in [6.07, 6.45) is 0. The third-order valence-corrected chi connectivity index (χ3v) is 4.38. The molecule has 3 aromatic rings. The molecule has 1 N–H and O–H groups in total. The molecule has 0 aliphatic carbocycles. The van der Waals surface area contributed by atoms with Crippen LogP contribution in [-0.2, 0) is 4.79 Å². The lowest BCUT2D eigenvalue weighted by Gasteiger charge is -2.30. The van der Waals surface area contributed by atoms with Crippen LogP contribution >= 0.6 is 0 Å². The Balaban J connectivity index is 1.90. The van der Waals surface area contributed by atoms with Crippen molar-refractivity contribution in [2.75, 3.05) is 11.9 Å². The molecule has 0 saturated carbocycles. The highest BCUT2D eigenvalue weighted by atomic mass is 16.5. The molecule has 25 heavy (non-hydrogen) atoms. The van der Waals surface area contributed by atoms with Crippen LogP contribution in [0, 0.1) is 17.2 Å². The molecule has 6 nitrogen and oxygen atoms in total. The number of aromatic nitrogens is 2. The maximum Gasteiger partial charge on any atom is 0.246 e. The summed E-state index contributed by atoms with van der Waals surface area (Å²) in [7, 11) is 0. The zero-order valence-corrected chi connectivity index (χ0v) is 13.6. The van der Waals surface area contributed by atoms with E-state index in [1.165, 1.54) is 0 Å². The number of amides is 1. The summed E-state index contributed by atoms with van der Waals surface area (Å²) >= 11 is 0. The van der Waals surface area contributed by atoms with Gasteiger partial charge in [0.1, 0.15) is 5.75 Å². The topological polar surface area (TPSA) is 79.9 Å². The number of rotatable bonds is 3. The fourth-order valence-corrected chi connectivity index (χ4v) is 3.29. The standard InChI is InChI=1S/C19H16N4O2/c1-2-25-13-9-7-12(8-10-13)17-14(11-20)18(24)22-19-21-15-5-3-4-6-16(15)23(17)19/h3-10,14,17H,2H2,1H3,(H,21,22,24)/t14-,17-/m0/s1. The maximum atomic E-state index is 12.4. The minimum absolute atomic E-state index is 0.329. The Morgan fingerprint density at radius 1 is 1.24 bits per heavy atom. The molecule has 2 aromatic carbocycles. The molecule has 2 atom stereocenters. The summed E-state index contributed by atoms with van der Waals surface area (Å²) in [6, 6.07) is 16.9. The zero-order valence-electron chi connectivity index (χ0n) is 13.6. The van der Waals surface area contributed by atoms with Crippen LogP contribution in [-0.4, -0.2) is 22.1 Å². The van der Waals surface area contributed by atoms with Crippen molar-refractivity contribution in [3.05, 3.63) is 54.1 Å². The lowest BCUT2D eigenvalue weighted by molar-refractivity contribution is -0.119. The average Bonchev–Trinajstić information content (AvgIpc) is 2.99. The number of imidazole rings is 1. The van der Waals surface area contributed by atoms with Crippen LogP contribution in [0.1, 0.15) is 18.5 Å². The Morgan fingerprint density at radius 2 is 2.00 bits per heavy atom. The van der Waals surface area contributed by atoms with Gasteiger partial charge in [-0.05, 0) is 36.8 Å². The summed E-state index contributed by atoms with van der Waals surface area (Å²) in [5.41, 5.74) is 2.54. The number of anilines is 1. The number of carbonyl (C=O) groups excluding carboxylic acids is 1. The van der Waals surface area contributed by atoms with Crippen LogP contribution in [0.5, 0.6) is 5.75 Å². The number of hydrogen-bond donors (Lipinski definition) is 1. The van der Waals surface area contributed by atoms with E-state index in [1.807, 2.05) is 60.0 Å². The zero-order chi connectivity index (χ0) is 17.4. The van der Waals surface area contributed by atoms with E-state index in [9.17, 15) is 10.1 Å². The van der Waals surface area contributed by atoms with Crippen molar-refractivity contribution in [1.29, 1.82) is 5.26 Å². The van der Waals surface area contributed by atoms with Gasteiger partial charge in [0.25, 0.3) is 0 Å². The minimum atomic E-state index is -0.831. The van der Waals surface area contributed by atoms with Gasteiger partial charge in [-0.2, -0.15) is 5.26 Å². The lowest BCUT2D eigenvalue weighted by Crippen LogP contribution is -2.37. The summed E-state index contributed by atoms with van der Waals surface area (Å²) in [5, 5.41) is 12.3. The first-order valence-corrected chi connectivity index (χ1v) is 8.13. The van der Waals surface area contributed by atoms with Crippen molar-refractivity contribution in [2.24, 2.45) is 5.92 Å². The van der Waals surface area contributed by atoms with Gasteiger partial charge in [-0.25, -0.2) is 4.98 Å². The van der Waals surface area contributed by atoms with E-state index in [0.29, 0.717) is 12.6 Å². The molecule has 1 aromatic heterocycles. The van der Waals surface area contributed by atoms with Gasteiger partial charge in [0, 0.05) is 0 Å². The molecule has 0 unspecified atom stereocenters. The normalized spacial score (nSPS) is 19.1. The van der Waals surface area contributed by atoms with E-state index in [2.05, 4.69) is 16.4 Å². The van der Waals surface area contributed by atoms with Crippen molar-refractivity contribution in [2.45, 2.75) is 13.0 Å². The molecule has 124 valence electrons. The number of benzene rings is 2. The highest BCUT2D eigenvalue weighted by Gasteiger charge is 2.38. The van der Waals surface area contributed by atoms with Crippen molar-refractivity contribution >= 4 is 22.9 Å². The highest BCUT2D eigenvalue weighted by Crippen LogP contribution is 2.38. The third kappa shape index (κ3) is 2.41. The average molecular weight is 332 g/mol. The monoisotopic (exact) mass is 332 g/mol. The van der Waals surface area contributed by atoms with E-state index in [4.69, 9.17) is 4.74 Å². The number of carbonyl (C=O) groups is 1. The number of para-hydroxylation sites is 2. The quantitative estimate of drug-likeness (QED) is 0.799. The van der Waals surface area contributed by atoms with Gasteiger partial charge in [-0.1, -0.05) is 24.3 Å². The Kier molecular flexibility index (Phi) is 3.62. The van der Waals surface area contributed by atoms with Crippen molar-refractivity contribution < 1.29 is 9.53 Å². The van der Waals surface area contributed by atoms with Gasteiger partial charge in [-0.3, -0.25) is 10.1 Å². The Labute approximate surface area is 144 Å². The summed E-state index contributed by atoms with van der Waals surface area (Å²) < 4.78 is 7.41. The van der Waals surface area contributed by atoms with Crippen LogP contribution in [0.2, 0.25) is 0 Å². The molecule has 4 rings (SSSR count). The van der Waals surface area contributed by atoms with E-state index in [-0.39, 0.29) is 5.91 Å².